The number of ketones is 1. The van der Waals surface area contributed by atoms with Crippen molar-refractivity contribution in [1.82, 2.24) is 4.90 Å². The first kappa shape index (κ1) is 26.9. The molecule has 0 aromatic heterocycles. The van der Waals surface area contributed by atoms with Gasteiger partial charge in [0.15, 0.2) is 11.5 Å². The minimum Gasteiger partial charge on any atom is -0.454 e. The SMILES string of the molecule is COCCOCC(=O)N(C)Cc1ccc(-c2cc(CC(=O)C3(c4ccc5c(c4)OCO5)CC3)ccc2C)cc1. The van der Waals surface area contributed by atoms with Gasteiger partial charge in [-0.15, -0.1) is 0 Å². The van der Waals surface area contributed by atoms with E-state index >= 15 is 0 Å². The first-order chi connectivity index (χ1) is 18.9. The second-order valence-electron chi connectivity index (χ2n) is 10.4. The third-order valence-corrected chi connectivity index (χ3v) is 7.64. The molecule has 0 N–H and O–H groups in total. The van der Waals surface area contributed by atoms with Crippen LogP contribution in [0.25, 0.3) is 11.1 Å². The molecule has 7 nitrogen and oxygen atoms in total. The number of carbonyl (C=O) groups is 2. The second kappa shape index (κ2) is 11.6. The van der Waals surface area contributed by atoms with E-state index in [4.69, 9.17) is 18.9 Å². The standard InChI is InChI=1S/C32H35NO6/c1-22-4-5-24(17-30(34)32(12-13-32)26-10-11-28-29(18-26)39-21-38-28)16-27(22)25-8-6-23(7-9-25)19-33(2)31(35)20-37-15-14-36-3/h4-11,16,18H,12-15,17,19-21H2,1-3H3. The highest BCUT2D eigenvalue weighted by molar-refractivity contribution is 5.95. The summed E-state index contributed by atoms with van der Waals surface area (Å²) in [5.41, 5.74) is 5.98. The van der Waals surface area contributed by atoms with Gasteiger partial charge >= 0.3 is 0 Å². The Morgan fingerprint density at radius 2 is 1.67 bits per heavy atom. The molecule has 1 heterocycles. The number of amides is 1. The van der Waals surface area contributed by atoms with Crippen LogP contribution in [0.3, 0.4) is 0 Å². The number of likely N-dealkylation sites (N-methyl/N-ethyl adjacent to an activating group) is 1. The van der Waals surface area contributed by atoms with Gasteiger partial charge in [0.25, 0.3) is 0 Å². The van der Waals surface area contributed by atoms with Crippen LogP contribution in [0.1, 0.15) is 35.1 Å². The normalized spacial score (nSPS) is 14.7. The number of methoxy groups -OCH3 is 1. The third-order valence-electron chi connectivity index (χ3n) is 7.64. The van der Waals surface area contributed by atoms with Crippen molar-refractivity contribution in [2.75, 3.05) is 40.8 Å². The molecule has 7 heteroatoms. The van der Waals surface area contributed by atoms with Gasteiger partial charge in [-0.1, -0.05) is 48.5 Å². The van der Waals surface area contributed by atoms with Gasteiger partial charge in [-0.3, -0.25) is 9.59 Å². The zero-order valence-electron chi connectivity index (χ0n) is 22.8. The summed E-state index contributed by atoms with van der Waals surface area (Å²) < 4.78 is 21.3. The first-order valence-electron chi connectivity index (χ1n) is 13.3. The second-order valence-corrected chi connectivity index (χ2v) is 10.4. The summed E-state index contributed by atoms with van der Waals surface area (Å²) in [6, 6.07) is 20.4. The molecule has 1 aliphatic carbocycles. The Balaban J connectivity index is 1.24. The molecular weight excluding hydrogens is 494 g/mol. The molecule has 5 rings (SSSR count). The zero-order valence-corrected chi connectivity index (χ0v) is 22.8. The average molecular weight is 530 g/mol. The summed E-state index contributed by atoms with van der Waals surface area (Å²) in [5, 5.41) is 0. The largest absolute Gasteiger partial charge is 0.454 e. The fourth-order valence-corrected chi connectivity index (χ4v) is 5.06. The lowest BCUT2D eigenvalue weighted by molar-refractivity contribution is -0.135. The van der Waals surface area contributed by atoms with Gasteiger partial charge in [-0.25, -0.2) is 0 Å². The summed E-state index contributed by atoms with van der Waals surface area (Å²) >= 11 is 0. The number of rotatable bonds is 12. The molecule has 1 amide bonds. The molecule has 0 saturated heterocycles. The smallest absolute Gasteiger partial charge is 0.248 e. The lowest BCUT2D eigenvalue weighted by atomic mass is 9.87. The van der Waals surface area contributed by atoms with Crippen molar-refractivity contribution in [3.63, 3.8) is 0 Å². The molecule has 0 radical (unpaired) electrons. The fraction of sp³-hybridized carbons (Fsp3) is 0.375. The quantitative estimate of drug-likeness (QED) is 0.312. The van der Waals surface area contributed by atoms with Crippen LogP contribution in [-0.2, 0) is 37.4 Å². The van der Waals surface area contributed by atoms with Crippen molar-refractivity contribution in [2.24, 2.45) is 0 Å². The van der Waals surface area contributed by atoms with Gasteiger partial charge in [-0.2, -0.15) is 0 Å². The average Bonchev–Trinajstić information content (AvgIpc) is 3.63. The predicted octanol–water partition coefficient (Wildman–Crippen LogP) is 4.86. The van der Waals surface area contributed by atoms with Crippen molar-refractivity contribution < 1.29 is 28.5 Å². The Morgan fingerprint density at radius 3 is 2.41 bits per heavy atom. The van der Waals surface area contributed by atoms with Gasteiger partial charge < -0.3 is 23.8 Å². The minimum atomic E-state index is -0.425. The summed E-state index contributed by atoms with van der Waals surface area (Å²) in [6.07, 6.45) is 2.11. The molecule has 3 aromatic rings. The fourth-order valence-electron chi connectivity index (χ4n) is 5.06. The lowest BCUT2D eigenvalue weighted by Gasteiger charge is -2.18. The van der Waals surface area contributed by atoms with Crippen LogP contribution in [0.15, 0.2) is 60.7 Å². The molecular formula is C32H35NO6. The van der Waals surface area contributed by atoms with E-state index in [0.29, 0.717) is 26.2 Å². The topological polar surface area (TPSA) is 74.3 Å². The van der Waals surface area contributed by atoms with E-state index < -0.39 is 5.41 Å². The number of fused-ring (bicyclic) bond motifs is 1. The van der Waals surface area contributed by atoms with Crippen LogP contribution in [0.4, 0.5) is 0 Å². The van der Waals surface area contributed by atoms with Crippen LogP contribution >= 0.6 is 0 Å². The first-order valence-corrected chi connectivity index (χ1v) is 13.3. The molecule has 1 saturated carbocycles. The zero-order chi connectivity index (χ0) is 27.4. The number of ether oxygens (including phenoxy) is 4. The molecule has 0 bridgehead atoms. The van der Waals surface area contributed by atoms with Crippen molar-refractivity contribution in [3.8, 4) is 22.6 Å². The number of carbonyl (C=O) groups excluding carboxylic acids is 2. The maximum atomic E-state index is 13.5. The van der Waals surface area contributed by atoms with Crippen molar-refractivity contribution in [3.05, 3.63) is 82.9 Å². The number of nitrogens with zero attached hydrogens (tertiary/aromatic N) is 1. The highest BCUT2D eigenvalue weighted by atomic mass is 16.7. The predicted molar refractivity (Wildman–Crippen MR) is 148 cm³/mol. The van der Waals surface area contributed by atoms with E-state index in [0.717, 1.165) is 57.7 Å². The van der Waals surface area contributed by atoms with Gasteiger partial charge in [0.2, 0.25) is 12.7 Å². The van der Waals surface area contributed by atoms with Crippen molar-refractivity contribution >= 4 is 11.7 Å². The van der Waals surface area contributed by atoms with E-state index in [1.54, 1.807) is 19.1 Å². The Bertz CT molecular complexity index is 1350. The molecule has 1 aliphatic heterocycles. The summed E-state index contributed by atoms with van der Waals surface area (Å²) in [5.74, 6) is 1.63. The van der Waals surface area contributed by atoms with Crippen molar-refractivity contribution in [1.29, 1.82) is 0 Å². The van der Waals surface area contributed by atoms with E-state index in [9.17, 15) is 9.59 Å². The minimum absolute atomic E-state index is 0.0403. The molecule has 0 unspecified atom stereocenters. The summed E-state index contributed by atoms with van der Waals surface area (Å²) in [6.45, 7) is 3.72. The highest BCUT2D eigenvalue weighted by Gasteiger charge is 2.50. The Hall–Kier alpha value is -3.68. The van der Waals surface area contributed by atoms with Gasteiger partial charge in [0, 0.05) is 27.1 Å². The number of hydrogen-bond donors (Lipinski definition) is 0. The number of Topliss-reactive ketones (excluding diaryl/α,β-unsaturated/α-hetero) is 1. The maximum absolute atomic E-state index is 13.5. The molecule has 204 valence electrons. The molecule has 0 atom stereocenters. The lowest BCUT2D eigenvalue weighted by Crippen LogP contribution is -2.30. The van der Waals surface area contributed by atoms with Gasteiger partial charge in [0.05, 0.1) is 18.6 Å². The van der Waals surface area contributed by atoms with Gasteiger partial charge in [-0.05, 0) is 65.3 Å². The van der Waals surface area contributed by atoms with Crippen molar-refractivity contribution in [2.45, 2.75) is 38.1 Å². The monoisotopic (exact) mass is 529 g/mol. The molecule has 39 heavy (non-hydrogen) atoms. The Morgan fingerprint density at radius 1 is 0.923 bits per heavy atom. The van der Waals surface area contributed by atoms with Crippen LogP contribution in [0.5, 0.6) is 11.5 Å². The Kier molecular flexibility index (Phi) is 8.00. The van der Waals surface area contributed by atoms with Crippen LogP contribution in [-0.4, -0.2) is 57.4 Å². The third kappa shape index (κ3) is 6.00. The molecule has 0 spiro atoms. The highest BCUT2D eigenvalue weighted by Crippen LogP contribution is 2.51. The maximum Gasteiger partial charge on any atom is 0.248 e. The number of benzene rings is 3. The molecule has 2 aliphatic rings. The van der Waals surface area contributed by atoms with Crippen LogP contribution < -0.4 is 9.47 Å². The number of aryl methyl sites for hydroxylation is 1. The van der Waals surface area contributed by atoms with E-state index in [-0.39, 0.29) is 25.1 Å². The van der Waals surface area contributed by atoms with E-state index in [1.165, 1.54) is 0 Å². The van der Waals surface area contributed by atoms with Gasteiger partial charge in [0.1, 0.15) is 12.4 Å². The summed E-state index contributed by atoms with van der Waals surface area (Å²) in [4.78, 5) is 27.5. The van der Waals surface area contributed by atoms with Crippen LogP contribution in [0.2, 0.25) is 0 Å². The number of hydrogen-bond acceptors (Lipinski definition) is 6. The Labute approximate surface area is 229 Å². The van der Waals surface area contributed by atoms with E-state index in [2.05, 4.69) is 37.3 Å². The molecule has 1 fully saturated rings. The summed E-state index contributed by atoms with van der Waals surface area (Å²) in [7, 11) is 3.38. The van der Waals surface area contributed by atoms with Crippen LogP contribution in [0, 0.1) is 6.92 Å². The molecule has 3 aromatic carbocycles. The van der Waals surface area contributed by atoms with E-state index in [1.807, 2.05) is 30.3 Å².